The second-order valence-electron chi connectivity index (χ2n) is 4.24. The molecule has 1 aromatic heterocycles. The van der Waals surface area contributed by atoms with E-state index in [1.54, 1.807) is 0 Å². The quantitative estimate of drug-likeness (QED) is 0.806. The number of tetrazole rings is 1. The highest BCUT2D eigenvalue weighted by molar-refractivity contribution is 5.74. The van der Waals surface area contributed by atoms with Crippen molar-refractivity contribution in [2.45, 2.75) is 20.0 Å². The van der Waals surface area contributed by atoms with Crippen LogP contribution >= 0.6 is 0 Å². The summed E-state index contributed by atoms with van der Waals surface area (Å²) in [5.41, 5.74) is 1.09. The number of nitriles is 1. The van der Waals surface area contributed by atoms with Gasteiger partial charge in [0.05, 0.1) is 6.10 Å². The summed E-state index contributed by atoms with van der Waals surface area (Å²) in [5.74, 6) is 1.01. The first-order chi connectivity index (χ1) is 9.69. The number of aromatic amines is 1. The maximum Gasteiger partial charge on any atom is 0.216 e. The van der Waals surface area contributed by atoms with E-state index in [0.717, 1.165) is 11.4 Å². The number of aromatic nitrogens is 4. The molecule has 2 aromatic rings. The van der Waals surface area contributed by atoms with Gasteiger partial charge in [0.25, 0.3) is 0 Å². The lowest BCUT2D eigenvalue weighted by atomic mass is 10.2. The Morgan fingerprint density at radius 3 is 3.00 bits per heavy atom. The molecule has 102 valence electrons. The van der Waals surface area contributed by atoms with Crippen LogP contribution in [0.2, 0.25) is 0 Å². The van der Waals surface area contributed by atoms with Crippen LogP contribution < -0.4 is 10.1 Å². The molecule has 0 spiro atoms. The molecule has 0 atom stereocenters. The molecule has 0 saturated carbocycles. The van der Waals surface area contributed by atoms with Crippen molar-refractivity contribution in [3.8, 4) is 11.8 Å². The van der Waals surface area contributed by atoms with Crippen molar-refractivity contribution in [1.82, 2.24) is 20.6 Å². The van der Waals surface area contributed by atoms with Gasteiger partial charge in [-0.15, -0.1) is 10.2 Å². The van der Waals surface area contributed by atoms with Gasteiger partial charge in [-0.3, -0.25) is 0 Å². The molecule has 0 aliphatic carbocycles. The number of nitrogens with zero attached hydrogens (tertiary/aromatic N) is 4. The molecule has 0 aliphatic heterocycles. The van der Waals surface area contributed by atoms with E-state index in [0.29, 0.717) is 0 Å². The maximum atomic E-state index is 9.04. The highest BCUT2D eigenvalue weighted by atomic mass is 16.5. The zero-order valence-corrected chi connectivity index (χ0v) is 11.2. The molecule has 0 fully saturated rings. The summed E-state index contributed by atoms with van der Waals surface area (Å²) in [4.78, 5) is 0. The van der Waals surface area contributed by atoms with Gasteiger partial charge in [0.2, 0.25) is 5.82 Å². The minimum absolute atomic E-state index is 0.106. The van der Waals surface area contributed by atoms with Crippen LogP contribution in [0.4, 0.5) is 5.69 Å². The van der Waals surface area contributed by atoms with Crippen LogP contribution in [0, 0.1) is 11.3 Å². The highest BCUT2D eigenvalue weighted by Gasteiger charge is 2.05. The first-order valence-electron chi connectivity index (χ1n) is 6.06. The summed E-state index contributed by atoms with van der Waals surface area (Å²) in [5, 5.41) is 25.3. The van der Waals surface area contributed by atoms with Gasteiger partial charge in [0.15, 0.2) is 0 Å². The average Bonchev–Trinajstić information content (AvgIpc) is 2.93. The minimum Gasteiger partial charge on any atom is -0.491 e. The van der Waals surface area contributed by atoms with Crippen molar-refractivity contribution in [2.24, 2.45) is 0 Å². The van der Waals surface area contributed by atoms with E-state index in [-0.39, 0.29) is 17.5 Å². The summed E-state index contributed by atoms with van der Waals surface area (Å²) in [6.07, 6.45) is 1.63. The number of rotatable bonds is 5. The lowest BCUT2D eigenvalue weighted by Gasteiger charge is -2.10. The molecule has 0 saturated heterocycles. The number of hydrogen-bond acceptors (Lipinski definition) is 6. The predicted octanol–water partition coefficient (Wildman–Crippen LogP) is 1.96. The van der Waals surface area contributed by atoms with Gasteiger partial charge in [-0.1, -0.05) is 6.07 Å². The molecule has 0 radical (unpaired) electrons. The molecule has 1 aromatic carbocycles. The second-order valence-corrected chi connectivity index (χ2v) is 4.24. The molecule has 0 amide bonds. The molecular formula is C13H14N6O. The van der Waals surface area contributed by atoms with Crippen LogP contribution in [0.5, 0.6) is 5.75 Å². The van der Waals surface area contributed by atoms with E-state index in [4.69, 9.17) is 10.00 Å². The van der Waals surface area contributed by atoms with Crippen LogP contribution in [-0.2, 0) is 0 Å². The fraction of sp³-hybridized carbons (Fsp3) is 0.231. The first kappa shape index (κ1) is 13.5. The molecule has 1 heterocycles. The fourth-order valence-electron chi connectivity index (χ4n) is 1.51. The molecule has 20 heavy (non-hydrogen) atoms. The number of ether oxygens (including phenoxy) is 1. The van der Waals surface area contributed by atoms with Gasteiger partial charge in [0.1, 0.15) is 17.4 Å². The van der Waals surface area contributed by atoms with Crippen molar-refractivity contribution < 1.29 is 4.74 Å². The van der Waals surface area contributed by atoms with Gasteiger partial charge in [-0.25, -0.2) is 0 Å². The standard InChI is InChI=1S/C13H14N6O/c1-9(2)20-12-5-3-4-11(6-12)15-8-10(7-14)13-16-18-19-17-13/h3-6,8-9,15H,1-2H3,(H,16,17,18,19). The normalized spacial score (nSPS) is 11.2. The molecule has 7 nitrogen and oxygen atoms in total. The number of H-pyrrole nitrogens is 1. The van der Waals surface area contributed by atoms with Crippen LogP contribution in [0.15, 0.2) is 30.5 Å². The van der Waals surface area contributed by atoms with E-state index in [1.807, 2.05) is 44.2 Å². The smallest absolute Gasteiger partial charge is 0.216 e. The SMILES string of the molecule is CC(C)Oc1cccc(NC=C(C#N)c2nn[nH]n2)c1. The lowest BCUT2D eigenvalue weighted by molar-refractivity contribution is 0.242. The molecule has 0 aliphatic rings. The Morgan fingerprint density at radius 2 is 2.35 bits per heavy atom. The Labute approximate surface area is 116 Å². The van der Waals surface area contributed by atoms with Crippen molar-refractivity contribution in [3.63, 3.8) is 0 Å². The molecule has 7 heteroatoms. The topological polar surface area (TPSA) is 99.5 Å². The van der Waals surface area contributed by atoms with Crippen LogP contribution in [0.3, 0.4) is 0 Å². The van der Waals surface area contributed by atoms with Crippen LogP contribution in [0.1, 0.15) is 19.7 Å². The first-order valence-corrected chi connectivity index (χ1v) is 6.06. The van der Waals surface area contributed by atoms with Gasteiger partial charge >= 0.3 is 0 Å². The number of allylic oxidation sites excluding steroid dienone is 1. The number of hydrogen-bond donors (Lipinski definition) is 2. The Bertz CT molecular complexity index is 627. The highest BCUT2D eigenvalue weighted by Crippen LogP contribution is 2.19. The van der Waals surface area contributed by atoms with Crippen molar-refractivity contribution in [3.05, 3.63) is 36.3 Å². The van der Waals surface area contributed by atoms with E-state index in [2.05, 4.69) is 25.9 Å². The minimum atomic E-state index is 0.106. The van der Waals surface area contributed by atoms with Crippen molar-refractivity contribution in [1.29, 1.82) is 5.26 Å². The average molecular weight is 270 g/mol. The summed E-state index contributed by atoms with van der Waals surface area (Å²) in [6, 6.07) is 9.47. The predicted molar refractivity (Wildman–Crippen MR) is 73.6 cm³/mol. The Morgan fingerprint density at radius 1 is 1.50 bits per heavy atom. The van der Waals surface area contributed by atoms with Gasteiger partial charge < -0.3 is 10.1 Å². The third-order valence-electron chi connectivity index (χ3n) is 2.30. The Hall–Kier alpha value is -2.88. The van der Waals surface area contributed by atoms with E-state index >= 15 is 0 Å². The zero-order valence-electron chi connectivity index (χ0n) is 11.2. The van der Waals surface area contributed by atoms with Crippen LogP contribution in [0.25, 0.3) is 5.57 Å². The third-order valence-corrected chi connectivity index (χ3v) is 2.30. The summed E-state index contributed by atoms with van der Waals surface area (Å²) in [7, 11) is 0. The van der Waals surface area contributed by atoms with Gasteiger partial charge in [0, 0.05) is 18.0 Å². The van der Waals surface area contributed by atoms with Crippen LogP contribution in [-0.4, -0.2) is 26.7 Å². The Kier molecular flexibility index (Phi) is 4.29. The summed E-state index contributed by atoms with van der Waals surface area (Å²) >= 11 is 0. The van der Waals surface area contributed by atoms with E-state index in [9.17, 15) is 0 Å². The fourth-order valence-corrected chi connectivity index (χ4v) is 1.51. The largest absolute Gasteiger partial charge is 0.491 e. The Balaban J connectivity index is 2.12. The third kappa shape index (κ3) is 3.55. The lowest BCUT2D eigenvalue weighted by Crippen LogP contribution is -2.05. The van der Waals surface area contributed by atoms with Crippen molar-refractivity contribution in [2.75, 3.05) is 5.32 Å². The van der Waals surface area contributed by atoms with E-state index < -0.39 is 0 Å². The maximum absolute atomic E-state index is 9.04. The molecular weight excluding hydrogens is 256 g/mol. The van der Waals surface area contributed by atoms with Crippen molar-refractivity contribution >= 4 is 11.3 Å². The summed E-state index contributed by atoms with van der Waals surface area (Å²) in [6.45, 7) is 3.92. The number of nitrogens with one attached hydrogen (secondary N) is 2. The molecule has 0 bridgehead atoms. The molecule has 2 rings (SSSR count). The van der Waals surface area contributed by atoms with Gasteiger partial charge in [-0.2, -0.15) is 10.5 Å². The summed E-state index contributed by atoms with van der Waals surface area (Å²) < 4.78 is 5.59. The zero-order chi connectivity index (χ0) is 14.4. The molecule has 2 N–H and O–H groups in total. The molecule has 0 unspecified atom stereocenters. The van der Waals surface area contributed by atoms with Gasteiger partial charge in [-0.05, 0) is 31.2 Å². The number of benzene rings is 1. The van der Waals surface area contributed by atoms with E-state index in [1.165, 1.54) is 6.20 Å². The second kappa shape index (κ2) is 6.33. The number of anilines is 1. The monoisotopic (exact) mass is 270 g/mol.